The molecule has 0 atom stereocenters. The van der Waals surface area contributed by atoms with Crippen LogP contribution in [-0.2, 0) is 4.74 Å². The van der Waals surface area contributed by atoms with E-state index in [4.69, 9.17) is 9.84 Å². The van der Waals surface area contributed by atoms with Crippen molar-refractivity contribution in [3.63, 3.8) is 0 Å². The van der Waals surface area contributed by atoms with E-state index in [0.717, 1.165) is 32.2 Å². The summed E-state index contributed by atoms with van der Waals surface area (Å²) in [5.74, 6) is 0.939. The maximum atomic E-state index is 8.95. The number of rotatable bonds is 8. The number of methoxy groups -OCH3 is 1. The summed E-state index contributed by atoms with van der Waals surface area (Å²) >= 11 is 0. The van der Waals surface area contributed by atoms with Gasteiger partial charge >= 0.3 is 0 Å². The van der Waals surface area contributed by atoms with Gasteiger partial charge in [0.15, 0.2) is 0 Å². The van der Waals surface area contributed by atoms with E-state index in [1.807, 2.05) is 0 Å². The van der Waals surface area contributed by atoms with Crippen LogP contribution in [0.1, 0.15) is 32.1 Å². The fourth-order valence-corrected chi connectivity index (χ4v) is 2.36. The van der Waals surface area contributed by atoms with E-state index in [0.29, 0.717) is 0 Å². The molecule has 0 unspecified atom stereocenters. The van der Waals surface area contributed by atoms with Crippen molar-refractivity contribution in [3.8, 4) is 0 Å². The highest BCUT2D eigenvalue weighted by molar-refractivity contribution is 4.69. The van der Waals surface area contributed by atoms with Crippen molar-refractivity contribution in [1.82, 2.24) is 4.90 Å². The number of ether oxygens (including phenoxy) is 1. The molecule has 0 radical (unpaired) electrons. The molecule has 0 aromatic heterocycles. The molecule has 0 aromatic carbocycles. The highest BCUT2D eigenvalue weighted by Gasteiger charge is 2.15. The van der Waals surface area contributed by atoms with Crippen LogP contribution in [0, 0.1) is 5.92 Å². The topological polar surface area (TPSA) is 32.7 Å². The Morgan fingerprint density at radius 1 is 1.20 bits per heavy atom. The van der Waals surface area contributed by atoms with Gasteiger partial charge in [-0.25, -0.2) is 0 Å². The van der Waals surface area contributed by atoms with E-state index in [2.05, 4.69) is 4.90 Å². The lowest BCUT2D eigenvalue weighted by Gasteiger charge is -2.22. The molecule has 1 fully saturated rings. The minimum absolute atomic E-state index is 0.258. The molecule has 15 heavy (non-hydrogen) atoms. The van der Waals surface area contributed by atoms with Gasteiger partial charge in [0, 0.05) is 20.2 Å². The SMILES string of the molecule is COCCN(CCO)CCC1CCCC1. The van der Waals surface area contributed by atoms with Gasteiger partial charge in [0.2, 0.25) is 0 Å². The van der Waals surface area contributed by atoms with Crippen molar-refractivity contribution in [2.75, 3.05) is 40.0 Å². The Morgan fingerprint density at radius 3 is 2.53 bits per heavy atom. The highest BCUT2D eigenvalue weighted by atomic mass is 16.5. The molecule has 0 heterocycles. The Morgan fingerprint density at radius 2 is 1.93 bits per heavy atom. The summed E-state index contributed by atoms with van der Waals surface area (Å²) < 4.78 is 5.07. The van der Waals surface area contributed by atoms with E-state index in [9.17, 15) is 0 Å². The largest absolute Gasteiger partial charge is 0.395 e. The molecular formula is C12H25NO2. The van der Waals surface area contributed by atoms with Gasteiger partial charge in [0.1, 0.15) is 0 Å². The van der Waals surface area contributed by atoms with Crippen LogP contribution in [0.2, 0.25) is 0 Å². The summed E-state index contributed by atoms with van der Waals surface area (Å²) in [6, 6.07) is 0. The fourth-order valence-electron chi connectivity index (χ4n) is 2.36. The Balaban J connectivity index is 2.11. The lowest BCUT2D eigenvalue weighted by Crippen LogP contribution is -2.32. The second kappa shape index (κ2) is 8.08. The average molecular weight is 215 g/mol. The molecule has 0 aliphatic heterocycles. The zero-order valence-electron chi connectivity index (χ0n) is 9.95. The molecule has 0 saturated heterocycles. The first-order valence-electron chi connectivity index (χ1n) is 6.19. The molecule has 1 aliphatic carbocycles. The predicted molar refractivity (Wildman–Crippen MR) is 62.0 cm³/mol. The van der Waals surface area contributed by atoms with Gasteiger partial charge in [-0.15, -0.1) is 0 Å². The van der Waals surface area contributed by atoms with Crippen molar-refractivity contribution in [3.05, 3.63) is 0 Å². The second-order valence-electron chi connectivity index (χ2n) is 4.50. The van der Waals surface area contributed by atoms with Crippen molar-refractivity contribution in [2.45, 2.75) is 32.1 Å². The normalized spacial score (nSPS) is 17.8. The quantitative estimate of drug-likeness (QED) is 0.666. The molecule has 0 bridgehead atoms. The third-order valence-corrected chi connectivity index (χ3v) is 3.36. The van der Waals surface area contributed by atoms with Gasteiger partial charge in [-0.3, -0.25) is 4.90 Å². The van der Waals surface area contributed by atoms with E-state index in [-0.39, 0.29) is 6.61 Å². The Bertz CT molecular complexity index is 147. The Hall–Kier alpha value is -0.120. The standard InChI is InChI=1S/C12H25NO2/c1-15-11-9-13(8-10-14)7-6-12-4-2-3-5-12/h12,14H,2-11H2,1H3. The van der Waals surface area contributed by atoms with Gasteiger partial charge in [-0.2, -0.15) is 0 Å². The van der Waals surface area contributed by atoms with Crippen LogP contribution in [-0.4, -0.2) is 50.0 Å². The maximum absolute atomic E-state index is 8.95. The van der Waals surface area contributed by atoms with Crippen LogP contribution in [0.4, 0.5) is 0 Å². The second-order valence-corrected chi connectivity index (χ2v) is 4.50. The van der Waals surface area contributed by atoms with E-state index >= 15 is 0 Å². The number of hydrogen-bond acceptors (Lipinski definition) is 3. The molecule has 3 nitrogen and oxygen atoms in total. The van der Waals surface area contributed by atoms with Gasteiger partial charge in [0.25, 0.3) is 0 Å². The molecule has 1 aliphatic rings. The van der Waals surface area contributed by atoms with Crippen LogP contribution in [0.25, 0.3) is 0 Å². The van der Waals surface area contributed by atoms with Crippen molar-refractivity contribution >= 4 is 0 Å². The van der Waals surface area contributed by atoms with Crippen molar-refractivity contribution in [2.24, 2.45) is 5.92 Å². The molecule has 0 amide bonds. The summed E-state index contributed by atoms with van der Waals surface area (Å²) in [7, 11) is 1.73. The van der Waals surface area contributed by atoms with Crippen LogP contribution in [0.5, 0.6) is 0 Å². The third kappa shape index (κ3) is 5.50. The summed E-state index contributed by atoms with van der Waals surface area (Å²) in [6.45, 7) is 3.88. The summed E-state index contributed by atoms with van der Waals surface area (Å²) in [4.78, 5) is 2.31. The highest BCUT2D eigenvalue weighted by Crippen LogP contribution is 2.27. The van der Waals surface area contributed by atoms with Crippen molar-refractivity contribution < 1.29 is 9.84 Å². The van der Waals surface area contributed by atoms with Crippen LogP contribution >= 0.6 is 0 Å². The third-order valence-electron chi connectivity index (χ3n) is 3.36. The molecular weight excluding hydrogens is 190 g/mol. The molecule has 1 rings (SSSR count). The average Bonchev–Trinajstić information content (AvgIpc) is 2.75. The minimum Gasteiger partial charge on any atom is -0.395 e. The summed E-state index contributed by atoms with van der Waals surface area (Å²) in [5.41, 5.74) is 0. The first kappa shape index (κ1) is 12.9. The minimum atomic E-state index is 0.258. The van der Waals surface area contributed by atoms with E-state index in [1.165, 1.54) is 32.1 Å². The predicted octanol–water partition coefficient (Wildman–Crippen LogP) is 1.51. The fraction of sp³-hybridized carbons (Fsp3) is 1.00. The maximum Gasteiger partial charge on any atom is 0.0589 e. The zero-order valence-corrected chi connectivity index (χ0v) is 9.95. The number of aliphatic hydroxyl groups excluding tert-OH is 1. The molecule has 0 aromatic rings. The van der Waals surface area contributed by atoms with E-state index < -0.39 is 0 Å². The molecule has 1 saturated carbocycles. The molecule has 90 valence electrons. The summed E-state index contributed by atoms with van der Waals surface area (Å²) in [6.07, 6.45) is 6.96. The van der Waals surface area contributed by atoms with E-state index in [1.54, 1.807) is 7.11 Å². The van der Waals surface area contributed by atoms with Crippen LogP contribution in [0.15, 0.2) is 0 Å². The molecule has 3 heteroatoms. The van der Waals surface area contributed by atoms with Gasteiger partial charge in [0.05, 0.1) is 13.2 Å². The lowest BCUT2D eigenvalue weighted by atomic mass is 10.0. The number of nitrogens with zero attached hydrogens (tertiary/aromatic N) is 1. The zero-order chi connectivity index (χ0) is 10.9. The first-order chi connectivity index (χ1) is 7.36. The first-order valence-corrected chi connectivity index (χ1v) is 6.19. The van der Waals surface area contributed by atoms with Gasteiger partial charge < -0.3 is 9.84 Å². The van der Waals surface area contributed by atoms with Gasteiger partial charge in [-0.05, 0) is 18.9 Å². The number of hydrogen-bond donors (Lipinski definition) is 1. The molecule has 0 spiro atoms. The van der Waals surface area contributed by atoms with Crippen molar-refractivity contribution in [1.29, 1.82) is 0 Å². The molecule has 1 N–H and O–H groups in total. The van der Waals surface area contributed by atoms with Gasteiger partial charge in [-0.1, -0.05) is 25.7 Å². The van der Waals surface area contributed by atoms with Crippen LogP contribution < -0.4 is 0 Å². The smallest absolute Gasteiger partial charge is 0.0589 e. The van der Waals surface area contributed by atoms with Crippen LogP contribution in [0.3, 0.4) is 0 Å². The summed E-state index contributed by atoms with van der Waals surface area (Å²) in [5, 5.41) is 8.95. The Kier molecular flexibility index (Phi) is 6.98. The monoisotopic (exact) mass is 215 g/mol. The number of aliphatic hydroxyl groups is 1. The Labute approximate surface area is 93.4 Å². The lowest BCUT2D eigenvalue weighted by molar-refractivity contribution is 0.126.